The lowest BCUT2D eigenvalue weighted by molar-refractivity contribution is -0.0297. The first kappa shape index (κ1) is 44.4. The smallest absolute Gasteiger partial charge is 0.0701 e. The molecule has 0 aliphatic carbocycles. The molecule has 0 radical (unpaired) electrons. The van der Waals surface area contributed by atoms with E-state index in [4.69, 9.17) is 71.4 Å². The van der Waals surface area contributed by atoms with Gasteiger partial charge in [-0.25, -0.2) is 0 Å². The highest BCUT2D eigenvalue weighted by molar-refractivity contribution is 4.39. The highest BCUT2D eigenvalue weighted by Crippen LogP contribution is 1.88. The molecule has 0 spiro atoms. The van der Waals surface area contributed by atoms with Crippen LogP contribution in [-0.2, 0) is 66.3 Å². The van der Waals surface area contributed by atoms with Crippen LogP contribution in [0.25, 0.3) is 0 Å². The van der Waals surface area contributed by atoms with Crippen molar-refractivity contribution in [3.8, 4) is 0 Å². The molecule has 0 fully saturated rings. The largest absolute Gasteiger partial charge is 0.394 e. The number of hydrogen-bond acceptors (Lipinski definition) is 15. The van der Waals surface area contributed by atoms with E-state index < -0.39 is 0 Å². The predicted molar refractivity (Wildman–Crippen MR) is 164 cm³/mol. The van der Waals surface area contributed by atoms with Gasteiger partial charge in [0.25, 0.3) is 0 Å². The van der Waals surface area contributed by atoms with Gasteiger partial charge < -0.3 is 71.4 Å². The summed E-state index contributed by atoms with van der Waals surface area (Å²) in [6.45, 7) is 16.5. The summed E-state index contributed by atoms with van der Waals surface area (Å²) in [5.41, 5.74) is 0. The monoisotopic (exact) mass is 662 g/mol. The molecule has 0 heterocycles. The number of aliphatic hydroxyl groups excluding tert-OH is 1. The van der Waals surface area contributed by atoms with Gasteiger partial charge in [0.15, 0.2) is 0 Å². The van der Waals surface area contributed by atoms with Gasteiger partial charge in [-0.1, -0.05) is 0 Å². The van der Waals surface area contributed by atoms with Gasteiger partial charge in [0.05, 0.1) is 185 Å². The predicted octanol–water partition coefficient (Wildman–Crippen LogP) is 0.231. The lowest BCUT2D eigenvalue weighted by Crippen LogP contribution is -2.15. The maximum Gasteiger partial charge on any atom is 0.0701 e. The van der Waals surface area contributed by atoms with Crippen LogP contribution in [0.4, 0.5) is 0 Å². The van der Waals surface area contributed by atoms with Crippen molar-refractivity contribution in [1.29, 1.82) is 0 Å². The van der Waals surface area contributed by atoms with E-state index in [1.165, 1.54) is 0 Å². The van der Waals surface area contributed by atoms with E-state index >= 15 is 0 Å². The third-order valence-corrected chi connectivity index (χ3v) is 5.28. The molecule has 272 valence electrons. The summed E-state index contributed by atoms with van der Waals surface area (Å²) >= 11 is 0. The molecule has 45 heavy (non-hydrogen) atoms. The highest BCUT2D eigenvalue weighted by Gasteiger charge is 1.97. The van der Waals surface area contributed by atoms with Gasteiger partial charge in [-0.2, -0.15) is 0 Å². The van der Waals surface area contributed by atoms with Gasteiger partial charge in [-0.05, 0) is 6.92 Å². The molecule has 0 aromatic heterocycles. The molecule has 15 nitrogen and oxygen atoms in total. The van der Waals surface area contributed by atoms with Crippen molar-refractivity contribution in [2.75, 3.05) is 192 Å². The van der Waals surface area contributed by atoms with Gasteiger partial charge in [0, 0.05) is 6.61 Å². The van der Waals surface area contributed by atoms with Crippen LogP contribution in [0.2, 0.25) is 0 Å². The summed E-state index contributed by atoms with van der Waals surface area (Å²) in [6.07, 6.45) is 0. The topological polar surface area (TPSA) is 149 Å². The molecule has 0 saturated heterocycles. The third kappa shape index (κ3) is 43.4. The average Bonchev–Trinajstić information content (AvgIpc) is 3.05. The number of rotatable bonds is 42. The van der Waals surface area contributed by atoms with E-state index in [1.807, 2.05) is 6.92 Å². The zero-order chi connectivity index (χ0) is 32.4. The Kier molecular flexibility index (Phi) is 42.8. The van der Waals surface area contributed by atoms with Gasteiger partial charge in [-0.3, -0.25) is 0 Å². The first-order chi connectivity index (χ1) is 22.4. The molecule has 0 saturated carbocycles. The maximum absolute atomic E-state index is 8.57. The van der Waals surface area contributed by atoms with E-state index in [2.05, 4.69) is 0 Å². The minimum Gasteiger partial charge on any atom is -0.394 e. The van der Waals surface area contributed by atoms with Crippen molar-refractivity contribution in [2.45, 2.75) is 6.92 Å². The first-order valence-electron chi connectivity index (χ1n) is 16.1. The van der Waals surface area contributed by atoms with Crippen molar-refractivity contribution in [2.24, 2.45) is 0 Å². The number of hydrogen-bond donors (Lipinski definition) is 1. The fraction of sp³-hybridized carbons (Fsp3) is 1.00. The van der Waals surface area contributed by atoms with Crippen LogP contribution >= 0.6 is 0 Å². The second kappa shape index (κ2) is 43.4. The number of ether oxygens (including phenoxy) is 14. The Morgan fingerprint density at radius 1 is 0.222 bits per heavy atom. The van der Waals surface area contributed by atoms with E-state index in [9.17, 15) is 0 Å². The Hall–Kier alpha value is -0.600. The minimum absolute atomic E-state index is 0.0245. The summed E-state index contributed by atoms with van der Waals surface area (Å²) in [6, 6.07) is 0. The molecule has 0 aliphatic heterocycles. The van der Waals surface area contributed by atoms with Gasteiger partial charge in [0.1, 0.15) is 0 Å². The second-order valence-electron chi connectivity index (χ2n) is 8.88. The zero-order valence-corrected chi connectivity index (χ0v) is 27.7. The van der Waals surface area contributed by atoms with Crippen LogP contribution in [-0.4, -0.2) is 197 Å². The Balaban J connectivity index is 3.03. The molecule has 0 aromatic carbocycles. The summed E-state index contributed by atoms with van der Waals surface area (Å²) in [5, 5.41) is 8.57. The Bertz CT molecular complexity index is 466. The van der Waals surface area contributed by atoms with Crippen LogP contribution in [0.3, 0.4) is 0 Å². The molecular formula is C30H62O15. The zero-order valence-electron chi connectivity index (χ0n) is 27.7. The fourth-order valence-electron chi connectivity index (χ4n) is 3.07. The highest BCUT2D eigenvalue weighted by atomic mass is 16.6. The molecule has 15 heteroatoms. The standard InChI is InChI=1S/C30H62O15/c1-2-32-5-6-34-9-10-36-13-14-38-17-18-40-21-22-42-25-26-44-29-30-45-28-27-43-24-23-41-20-19-39-16-15-37-12-11-35-8-7-33-4-3-31/h31H,2-30H2,1H3. The molecule has 0 aromatic rings. The molecular weight excluding hydrogens is 600 g/mol. The fourth-order valence-corrected chi connectivity index (χ4v) is 3.07. The Morgan fingerprint density at radius 3 is 0.489 bits per heavy atom. The van der Waals surface area contributed by atoms with Crippen molar-refractivity contribution >= 4 is 0 Å². The van der Waals surface area contributed by atoms with Crippen LogP contribution in [0.1, 0.15) is 6.92 Å². The van der Waals surface area contributed by atoms with Crippen molar-refractivity contribution < 1.29 is 71.4 Å². The molecule has 0 amide bonds. The lowest BCUT2D eigenvalue weighted by atomic mass is 10.6. The van der Waals surface area contributed by atoms with E-state index in [0.29, 0.717) is 185 Å². The molecule has 1 N–H and O–H groups in total. The van der Waals surface area contributed by atoms with Crippen LogP contribution in [0, 0.1) is 0 Å². The van der Waals surface area contributed by atoms with Crippen LogP contribution in [0.5, 0.6) is 0 Å². The molecule has 0 rings (SSSR count). The van der Waals surface area contributed by atoms with E-state index in [1.54, 1.807) is 0 Å². The van der Waals surface area contributed by atoms with Crippen molar-refractivity contribution in [1.82, 2.24) is 0 Å². The van der Waals surface area contributed by atoms with E-state index in [0.717, 1.165) is 0 Å². The van der Waals surface area contributed by atoms with Crippen molar-refractivity contribution in [3.05, 3.63) is 0 Å². The third-order valence-electron chi connectivity index (χ3n) is 5.28. The Morgan fingerprint density at radius 2 is 0.356 bits per heavy atom. The van der Waals surface area contributed by atoms with Crippen molar-refractivity contribution in [3.63, 3.8) is 0 Å². The summed E-state index contributed by atoms with van der Waals surface area (Å²) < 4.78 is 75.4. The molecule has 0 bridgehead atoms. The first-order valence-corrected chi connectivity index (χ1v) is 16.1. The second-order valence-corrected chi connectivity index (χ2v) is 8.88. The van der Waals surface area contributed by atoms with E-state index in [-0.39, 0.29) is 6.61 Å². The molecule has 0 unspecified atom stereocenters. The van der Waals surface area contributed by atoms with Gasteiger partial charge in [0.2, 0.25) is 0 Å². The summed E-state index contributed by atoms with van der Waals surface area (Å²) in [5.74, 6) is 0. The average molecular weight is 663 g/mol. The SMILES string of the molecule is CCOCCOCCOCCOCCOCCOCCOCCOCCOCCOCCOCCOCCOCCOCCO. The van der Waals surface area contributed by atoms with Crippen LogP contribution < -0.4 is 0 Å². The normalized spacial score (nSPS) is 11.6. The quantitative estimate of drug-likeness (QED) is 0.0889. The van der Waals surface area contributed by atoms with Gasteiger partial charge in [-0.15, -0.1) is 0 Å². The molecule has 0 aliphatic rings. The minimum atomic E-state index is 0.0245. The van der Waals surface area contributed by atoms with Gasteiger partial charge >= 0.3 is 0 Å². The Labute approximate surface area is 270 Å². The summed E-state index contributed by atoms with van der Waals surface area (Å²) in [7, 11) is 0. The number of aliphatic hydroxyl groups is 1. The summed E-state index contributed by atoms with van der Waals surface area (Å²) in [4.78, 5) is 0. The molecule has 0 atom stereocenters. The lowest BCUT2D eigenvalue weighted by Gasteiger charge is -2.09. The van der Waals surface area contributed by atoms with Crippen LogP contribution in [0.15, 0.2) is 0 Å². The maximum atomic E-state index is 8.57.